The second-order valence-electron chi connectivity index (χ2n) is 8.13. The predicted molar refractivity (Wildman–Crippen MR) is 114 cm³/mol. The molecule has 0 amide bonds. The lowest BCUT2D eigenvalue weighted by Gasteiger charge is -2.13. The lowest BCUT2D eigenvalue weighted by molar-refractivity contribution is 0.356. The number of halogens is 1. The van der Waals surface area contributed by atoms with E-state index in [0.717, 1.165) is 39.6 Å². The summed E-state index contributed by atoms with van der Waals surface area (Å²) in [5.41, 5.74) is 4.92. The van der Waals surface area contributed by atoms with E-state index in [2.05, 4.69) is 25.3 Å². The SMILES string of the molecule is Cc1cn2c(NCc3c(F)ccc4c3CCO4)ncc(-c3cnc(C4CC4)nc3)c2n1. The number of anilines is 1. The zero-order valence-corrected chi connectivity index (χ0v) is 17.1. The molecule has 1 aliphatic carbocycles. The molecule has 0 spiro atoms. The van der Waals surface area contributed by atoms with Gasteiger partial charge in [-0.25, -0.2) is 24.3 Å². The lowest BCUT2D eigenvalue weighted by atomic mass is 10.0. The van der Waals surface area contributed by atoms with E-state index in [1.807, 2.05) is 29.9 Å². The van der Waals surface area contributed by atoms with Crippen molar-refractivity contribution in [3.63, 3.8) is 0 Å². The zero-order valence-electron chi connectivity index (χ0n) is 17.1. The largest absolute Gasteiger partial charge is 0.493 e. The molecule has 156 valence electrons. The van der Waals surface area contributed by atoms with Crippen LogP contribution in [0.1, 0.15) is 41.4 Å². The molecule has 0 bridgehead atoms. The van der Waals surface area contributed by atoms with E-state index in [-0.39, 0.29) is 5.82 Å². The summed E-state index contributed by atoms with van der Waals surface area (Å²) < 4.78 is 22.0. The average molecular weight is 416 g/mol. The molecule has 1 aromatic carbocycles. The van der Waals surface area contributed by atoms with E-state index in [9.17, 15) is 4.39 Å². The van der Waals surface area contributed by atoms with Gasteiger partial charge in [-0.3, -0.25) is 4.40 Å². The normalized spacial score (nSPS) is 15.2. The minimum atomic E-state index is -0.237. The Morgan fingerprint density at radius 2 is 2.00 bits per heavy atom. The van der Waals surface area contributed by atoms with Crippen LogP contribution in [-0.2, 0) is 13.0 Å². The molecule has 6 rings (SSSR count). The van der Waals surface area contributed by atoms with Gasteiger partial charge in [-0.15, -0.1) is 0 Å². The lowest BCUT2D eigenvalue weighted by Crippen LogP contribution is -2.09. The Bertz CT molecular complexity index is 1300. The molecule has 4 aromatic rings. The molecule has 1 aliphatic heterocycles. The number of nitrogens with one attached hydrogen (secondary N) is 1. The van der Waals surface area contributed by atoms with Gasteiger partial charge in [0.05, 0.1) is 12.3 Å². The van der Waals surface area contributed by atoms with E-state index in [1.54, 1.807) is 12.3 Å². The van der Waals surface area contributed by atoms with Gasteiger partial charge < -0.3 is 10.1 Å². The van der Waals surface area contributed by atoms with Crippen molar-refractivity contribution in [2.75, 3.05) is 11.9 Å². The van der Waals surface area contributed by atoms with E-state index >= 15 is 0 Å². The molecule has 1 saturated carbocycles. The Balaban J connectivity index is 1.34. The number of hydrogen-bond donors (Lipinski definition) is 1. The molecule has 3 aromatic heterocycles. The van der Waals surface area contributed by atoms with Crippen molar-refractivity contribution >= 4 is 11.6 Å². The van der Waals surface area contributed by atoms with Crippen molar-refractivity contribution in [2.45, 2.75) is 38.6 Å². The van der Waals surface area contributed by atoms with Gasteiger partial charge in [0, 0.05) is 65.9 Å². The van der Waals surface area contributed by atoms with Gasteiger partial charge in [-0.05, 0) is 31.9 Å². The molecule has 8 heteroatoms. The van der Waals surface area contributed by atoms with Crippen molar-refractivity contribution in [2.24, 2.45) is 0 Å². The molecule has 4 heterocycles. The van der Waals surface area contributed by atoms with Gasteiger partial charge in [0.2, 0.25) is 5.95 Å². The first-order chi connectivity index (χ1) is 15.2. The molecular weight excluding hydrogens is 395 g/mol. The number of rotatable bonds is 5. The third kappa shape index (κ3) is 3.19. The molecule has 1 N–H and O–H groups in total. The van der Waals surface area contributed by atoms with Crippen LogP contribution in [0.15, 0.2) is 36.9 Å². The maximum absolute atomic E-state index is 14.5. The third-order valence-corrected chi connectivity index (χ3v) is 5.90. The van der Waals surface area contributed by atoms with E-state index in [1.165, 1.54) is 18.9 Å². The summed E-state index contributed by atoms with van der Waals surface area (Å²) in [6, 6.07) is 3.15. The highest BCUT2D eigenvalue weighted by molar-refractivity contribution is 5.77. The number of nitrogens with zero attached hydrogens (tertiary/aromatic N) is 5. The molecule has 31 heavy (non-hydrogen) atoms. The highest BCUT2D eigenvalue weighted by Gasteiger charge is 2.26. The second kappa shape index (κ2) is 7.01. The minimum Gasteiger partial charge on any atom is -0.493 e. The maximum Gasteiger partial charge on any atom is 0.208 e. The van der Waals surface area contributed by atoms with Crippen LogP contribution in [0.25, 0.3) is 16.8 Å². The van der Waals surface area contributed by atoms with Gasteiger partial charge in [0.25, 0.3) is 0 Å². The number of benzene rings is 1. The van der Waals surface area contributed by atoms with Crippen molar-refractivity contribution in [1.82, 2.24) is 24.3 Å². The summed E-state index contributed by atoms with van der Waals surface area (Å²) >= 11 is 0. The minimum absolute atomic E-state index is 0.237. The summed E-state index contributed by atoms with van der Waals surface area (Å²) in [7, 11) is 0. The Kier molecular flexibility index (Phi) is 4.12. The fraction of sp³-hybridized carbons (Fsp3) is 0.304. The van der Waals surface area contributed by atoms with Crippen molar-refractivity contribution in [1.29, 1.82) is 0 Å². The Labute approximate surface area is 178 Å². The Hall–Kier alpha value is -3.55. The summed E-state index contributed by atoms with van der Waals surface area (Å²) in [5, 5.41) is 3.28. The average Bonchev–Trinajstić information content (AvgIpc) is 3.39. The fourth-order valence-electron chi connectivity index (χ4n) is 4.13. The standard InChI is InChI=1S/C23H21FN6O/c1-13-12-30-22(29-13)17(15-8-25-21(26-9-15)14-2-3-14)10-27-23(30)28-11-18-16-6-7-31-20(16)5-4-19(18)24/h4-5,8-10,12,14H,2-3,6-7,11H2,1H3,(H,27,28). The first kappa shape index (κ1) is 18.2. The summed E-state index contributed by atoms with van der Waals surface area (Å²) in [6.45, 7) is 2.84. The third-order valence-electron chi connectivity index (χ3n) is 5.90. The summed E-state index contributed by atoms with van der Waals surface area (Å²) in [4.78, 5) is 18.3. The topological polar surface area (TPSA) is 77.2 Å². The number of fused-ring (bicyclic) bond motifs is 2. The van der Waals surface area contributed by atoms with Crippen LogP contribution in [-0.4, -0.2) is 30.9 Å². The molecule has 1 fully saturated rings. The van der Waals surface area contributed by atoms with E-state index < -0.39 is 0 Å². The van der Waals surface area contributed by atoms with Crippen LogP contribution >= 0.6 is 0 Å². The summed E-state index contributed by atoms with van der Waals surface area (Å²) in [6.07, 6.45) is 10.4. The van der Waals surface area contributed by atoms with Gasteiger partial charge >= 0.3 is 0 Å². The van der Waals surface area contributed by atoms with Crippen molar-refractivity contribution in [3.8, 4) is 16.9 Å². The van der Waals surface area contributed by atoms with Crippen LogP contribution in [0.3, 0.4) is 0 Å². The van der Waals surface area contributed by atoms with Gasteiger partial charge in [0.1, 0.15) is 23.0 Å². The molecule has 0 saturated heterocycles. The van der Waals surface area contributed by atoms with Crippen LogP contribution in [0.5, 0.6) is 5.75 Å². The van der Waals surface area contributed by atoms with Crippen molar-refractivity contribution < 1.29 is 9.13 Å². The number of aromatic nitrogens is 5. The molecule has 0 radical (unpaired) electrons. The van der Waals surface area contributed by atoms with E-state index in [4.69, 9.17) is 4.74 Å². The molecular formula is C23H21FN6O. The second-order valence-corrected chi connectivity index (χ2v) is 8.13. The van der Waals surface area contributed by atoms with Crippen LogP contribution in [0, 0.1) is 12.7 Å². The number of hydrogen-bond acceptors (Lipinski definition) is 6. The van der Waals surface area contributed by atoms with E-state index in [0.29, 0.717) is 37.0 Å². The van der Waals surface area contributed by atoms with Crippen LogP contribution in [0.2, 0.25) is 0 Å². The monoisotopic (exact) mass is 416 g/mol. The Morgan fingerprint density at radius 3 is 2.81 bits per heavy atom. The first-order valence-electron chi connectivity index (χ1n) is 10.5. The highest BCUT2D eigenvalue weighted by Crippen LogP contribution is 2.38. The zero-order chi connectivity index (χ0) is 20.9. The molecule has 0 unspecified atom stereocenters. The quantitative estimate of drug-likeness (QED) is 0.529. The Morgan fingerprint density at radius 1 is 1.16 bits per heavy atom. The van der Waals surface area contributed by atoms with Crippen LogP contribution in [0.4, 0.5) is 10.3 Å². The van der Waals surface area contributed by atoms with Crippen molar-refractivity contribution in [3.05, 3.63) is 65.4 Å². The maximum atomic E-state index is 14.5. The fourth-order valence-corrected chi connectivity index (χ4v) is 4.13. The number of aryl methyl sites for hydroxylation is 1. The summed E-state index contributed by atoms with van der Waals surface area (Å²) in [5.74, 6) is 2.55. The highest BCUT2D eigenvalue weighted by atomic mass is 19.1. The molecule has 7 nitrogen and oxygen atoms in total. The predicted octanol–water partition coefficient (Wildman–Crippen LogP) is 4.06. The molecule has 2 aliphatic rings. The number of imidazole rings is 1. The van der Waals surface area contributed by atoms with Gasteiger partial charge in [-0.2, -0.15) is 0 Å². The van der Waals surface area contributed by atoms with Gasteiger partial charge in [0.15, 0.2) is 0 Å². The van der Waals surface area contributed by atoms with Gasteiger partial charge in [-0.1, -0.05) is 0 Å². The molecule has 0 atom stereocenters. The van der Waals surface area contributed by atoms with Crippen LogP contribution < -0.4 is 10.1 Å². The smallest absolute Gasteiger partial charge is 0.208 e. The number of ether oxygens (including phenoxy) is 1. The first-order valence-corrected chi connectivity index (χ1v) is 10.5.